The first kappa shape index (κ1) is 13.4. The first-order valence-corrected chi connectivity index (χ1v) is 5.75. The van der Waals surface area contributed by atoms with Crippen LogP contribution in [0.3, 0.4) is 0 Å². The summed E-state index contributed by atoms with van der Waals surface area (Å²) < 4.78 is 5.33. The molecular formula is C12H18N2O3. The summed E-state index contributed by atoms with van der Waals surface area (Å²) in [4.78, 5) is 14.6. The van der Waals surface area contributed by atoms with Crippen molar-refractivity contribution in [1.82, 2.24) is 4.98 Å². The Labute approximate surface area is 101 Å². The maximum absolute atomic E-state index is 10.6. The van der Waals surface area contributed by atoms with Crippen molar-refractivity contribution in [2.45, 2.75) is 19.8 Å². The summed E-state index contributed by atoms with van der Waals surface area (Å²) in [7, 11) is 0. The van der Waals surface area contributed by atoms with Crippen LogP contribution in [0.5, 0.6) is 0 Å². The quantitative estimate of drug-likeness (QED) is 0.678. The molecule has 1 heterocycles. The summed E-state index contributed by atoms with van der Waals surface area (Å²) >= 11 is 0. The zero-order chi connectivity index (χ0) is 12.5. The SMILES string of the molecule is CCCOCCCNc1ccc(C(=O)O)cn1. The van der Waals surface area contributed by atoms with Crippen molar-refractivity contribution in [3.63, 3.8) is 0 Å². The van der Waals surface area contributed by atoms with Crippen molar-refractivity contribution >= 4 is 11.8 Å². The summed E-state index contributed by atoms with van der Waals surface area (Å²) in [6.45, 7) is 4.37. The molecule has 1 rings (SSSR count). The molecule has 94 valence electrons. The Balaban J connectivity index is 2.21. The highest BCUT2D eigenvalue weighted by Gasteiger charge is 2.02. The van der Waals surface area contributed by atoms with Crippen LogP contribution in [0.1, 0.15) is 30.1 Å². The molecule has 0 aromatic carbocycles. The normalized spacial score (nSPS) is 10.2. The molecule has 17 heavy (non-hydrogen) atoms. The molecule has 0 radical (unpaired) electrons. The van der Waals surface area contributed by atoms with E-state index in [4.69, 9.17) is 9.84 Å². The van der Waals surface area contributed by atoms with Crippen LogP contribution in [0, 0.1) is 0 Å². The zero-order valence-electron chi connectivity index (χ0n) is 9.98. The van der Waals surface area contributed by atoms with Gasteiger partial charge < -0.3 is 15.2 Å². The summed E-state index contributed by atoms with van der Waals surface area (Å²) in [5, 5.41) is 11.8. The van der Waals surface area contributed by atoms with Gasteiger partial charge in [0.15, 0.2) is 0 Å². The smallest absolute Gasteiger partial charge is 0.337 e. The van der Waals surface area contributed by atoms with Crippen LogP contribution in [0.2, 0.25) is 0 Å². The number of aromatic nitrogens is 1. The first-order chi connectivity index (χ1) is 8.24. The highest BCUT2D eigenvalue weighted by Crippen LogP contribution is 2.04. The highest BCUT2D eigenvalue weighted by atomic mass is 16.5. The van der Waals surface area contributed by atoms with Crippen molar-refractivity contribution in [3.05, 3.63) is 23.9 Å². The zero-order valence-corrected chi connectivity index (χ0v) is 9.98. The van der Waals surface area contributed by atoms with Crippen molar-refractivity contribution in [1.29, 1.82) is 0 Å². The molecule has 0 aliphatic rings. The minimum Gasteiger partial charge on any atom is -0.478 e. The van der Waals surface area contributed by atoms with E-state index in [2.05, 4.69) is 17.2 Å². The number of hydrogen-bond donors (Lipinski definition) is 2. The third kappa shape index (κ3) is 5.31. The lowest BCUT2D eigenvalue weighted by Gasteiger charge is -2.06. The molecule has 0 spiro atoms. The van der Waals surface area contributed by atoms with E-state index in [1.54, 1.807) is 6.07 Å². The number of hydrogen-bond acceptors (Lipinski definition) is 4. The molecule has 1 aromatic heterocycles. The molecule has 0 atom stereocenters. The first-order valence-electron chi connectivity index (χ1n) is 5.75. The molecule has 0 saturated carbocycles. The molecule has 2 N–H and O–H groups in total. The lowest BCUT2D eigenvalue weighted by Crippen LogP contribution is -2.07. The fourth-order valence-electron chi connectivity index (χ4n) is 1.26. The Morgan fingerprint density at radius 3 is 2.88 bits per heavy atom. The van der Waals surface area contributed by atoms with Gasteiger partial charge in [0.2, 0.25) is 0 Å². The van der Waals surface area contributed by atoms with Crippen molar-refractivity contribution in [2.75, 3.05) is 25.1 Å². The van der Waals surface area contributed by atoms with E-state index in [1.807, 2.05) is 0 Å². The predicted molar refractivity (Wildman–Crippen MR) is 65.4 cm³/mol. The molecule has 0 fully saturated rings. The molecule has 5 nitrogen and oxygen atoms in total. The van der Waals surface area contributed by atoms with Gasteiger partial charge in [0.25, 0.3) is 0 Å². The van der Waals surface area contributed by atoms with Crippen LogP contribution in [0.4, 0.5) is 5.82 Å². The Kier molecular flexibility index (Phi) is 6.03. The standard InChI is InChI=1S/C12H18N2O3/c1-2-7-17-8-3-6-13-11-5-4-10(9-14-11)12(15)16/h4-5,9H,2-3,6-8H2,1H3,(H,13,14)(H,15,16). The van der Waals surface area contributed by atoms with E-state index in [0.717, 1.165) is 32.6 Å². The second-order valence-corrected chi connectivity index (χ2v) is 3.63. The van der Waals surface area contributed by atoms with Gasteiger partial charge in [0.05, 0.1) is 5.56 Å². The fraction of sp³-hybridized carbons (Fsp3) is 0.500. The predicted octanol–water partition coefficient (Wildman–Crippen LogP) is 2.01. The maximum atomic E-state index is 10.6. The van der Waals surface area contributed by atoms with Crippen LogP contribution in [-0.4, -0.2) is 35.8 Å². The number of aromatic carboxylic acids is 1. The van der Waals surface area contributed by atoms with E-state index < -0.39 is 5.97 Å². The Hall–Kier alpha value is -1.62. The van der Waals surface area contributed by atoms with Crippen LogP contribution >= 0.6 is 0 Å². The number of nitrogens with one attached hydrogen (secondary N) is 1. The average Bonchev–Trinajstić information content (AvgIpc) is 2.34. The lowest BCUT2D eigenvalue weighted by atomic mass is 10.3. The van der Waals surface area contributed by atoms with Crippen LogP contribution in [0.15, 0.2) is 18.3 Å². The van der Waals surface area contributed by atoms with Gasteiger partial charge in [-0.25, -0.2) is 9.78 Å². The molecule has 0 aliphatic heterocycles. The Morgan fingerprint density at radius 2 is 2.29 bits per heavy atom. The van der Waals surface area contributed by atoms with Crippen molar-refractivity contribution < 1.29 is 14.6 Å². The monoisotopic (exact) mass is 238 g/mol. The Morgan fingerprint density at radius 1 is 1.47 bits per heavy atom. The number of carboxylic acids is 1. The number of carboxylic acid groups (broad SMARTS) is 1. The molecule has 0 unspecified atom stereocenters. The molecule has 0 aliphatic carbocycles. The minimum atomic E-state index is -0.961. The molecule has 0 amide bonds. The highest BCUT2D eigenvalue weighted by molar-refractivity contribution is 5.87. The van der Waals surface area contributed by atoms with Gasteiger partial charge >= 0.3 is 5.97 Å². The van der Waals surface area contributed by atoms with Gasteiger partial charge in [0.1, 0.15) is 5.82 Å². The summed E-state index contributed by atoms with van der Waals surface area (Å²) in [5.74, 6) is -0.275. The van der Waals surface area contributed by atoms with E-state index in [1.165, 1.54) is 12.3 Å². The van der Waals surface area contributed by atoms with Gasteiger partial charge in [0, 0.05) is 26.0 Å². The molecule has 0 saturated heterocycles. The van der Waals surface area contributed by atoms with Crippen LogP contribution in [-0.2, 0) is 4.74 Å². The second-order valence-electron chi connectivity index (χ2n) is 3.63. The number of nitrogens with zero attached hydrogens (tertiary/aromatic N) is 1. The minimum absolute atomic E-state index is 0.196. The van der Waals surface area contributed by atoms with E-state index in [-0.39, 0.29) is 5.56 Å². The number of ether oxygens (including phenoxy) is 1. The topological polar surface area (TPSA) is 71.5 Å². The summed E-state index contributed by atoms with van der Waals surface area (Å²) in [6.07, 6.45) is 3.28. The van der Waals surface area contributed by atoms with Gasteiger partial charge in [-0.15, -0.1) is 0 Å². The number of rotatable bonds is 8. The second kappa shape index (κ2) is 7.62. The Bertz CT molecular complexity index is 338. The van der Waals surface area contributed by atoms with E-state index >= 15 is 0 Å². The average molecular weight is 238 g/mol. The third-order valence-corrected chi connectivity index (χ3v) is 2.13. The maximum Gasteiger partial charge on any atom is 0.337 e. The summed E-state index contributed by atoms with van der Waals surface area (Å²) in [6, 6.07) is 3.20. The third-order valence-electron chi connectivity index (χ3n) is 2.13. The lowest BCUT2D eigenvalue weighted by molar-refractivity contribution is 0.0696. The molecule has 1 aromatic rings. The summed E-state index contributed by atoms with van der Waals surface area (Å²) in [5.41, 5.74) is 0.196. The number of carbonyl (C=O) groups is 1. The number of anilines is 1. The van der Waals surface area contributed by atoms with E-state index in [0.29, 0.717) is 5.82 Å². The molecule has 5 heteroatoms. The number of pyridine rings is 1. The van der Waals surface area contributed by atoms with Crippen LogP contribution < -0.4 is 5.32 Å². The van der Waals surface area contributed by atoms with Crippen molar-refractivity contribution in [3.8, 4) is 0 Å². The van der Waals surface area contributed by atoms with Gasteiger partial charge in [-0.2, -0.15) is 0 Å². The molecular weight excluding hydrogens is 220 g/mol. The van der Waals surface area contributed by atoms with Gasteiger partial charge in [-0.3, -0.25) is 0 Å². The van der Waals surface area contributed by atoms with Gasteiger partial charge in [-0.1, -0.05) is 6.92 Å². The fourth-order valence-corrected chi connectivity index (χ4v) is 1.26. The molecule has 0 bridgehead atoms. The van der Waals surface area contributed by atoms with E-state index in [9.17, 15) is 4.79 Å². The van der Waals surface area contributed by atoms with Crippen LogP contribution in [0.25, 0.3) is 0 Å². The largest absolute Gasteiger partial charge is 0.478 e. The van der Waals surface area contributed by atoms with Crippen molar-refractivity contribution in [2.24, 2.45) is 0 Å². The van der Waals surface area contributed by atoms with Gasteiger partial charge in [-0.05, 0) is 25.0 Å².